The van der Waals surface area contributed by atoms with E-state index in [4.69, 9.17) is 18.9 Å². The van der Waals surface area contributed by atoms with Gasteiger partial charge in [0.25, 0.3) is 11.8 Å². The standard InChI is InChI=1S/C27H29NO8S/c1-4-37-27-22(28-25(31)19-12-8-9-13-20(19)26(28)32)24(35-17(3)30)23(34-16(2)29)21(36-27)15-33-14-18-10-6-5-7-11-18/h5-13,21-24,27H,4,14-15H2,1-3H3/t21-,22-,23-,24-,27+/m1/s1. The second-order valence-electron chi connectivity index (χ2n) is 8.66. The van der Waals surface area contributed by atoms with Crippen LogP contribution in [0.4, 0.5) is 0 Å². The minimum absolute atomic E-state index is 0.0280. The second kappa shape index (κ2) is 11.9. The zero-order valence-corrected chi connectivity index (χ0v) is 21.6. The molecule has 2 heterocycles. The maximum atomic E-state index is 13.4. The molecule has 196 valence electrons. The number of hydrogen-bond acceptors (Lipinski definition) is 9. The highest BCUT2D eigenvalue weighted by atomic mass is 32.2. The number of fused-ring (bicyclic) bond motifs is 1. The smallest absolute Gasteiger partial charge is 0.303 e. The molecule has 0 radical (unpaired) electrons. The van der Waals surface area contributed by atoms with Gasteiger partial charge in [0.2, 0.25) is 0 Å². The van der Waals surface area contributed by atoms with Gasteiger partial charge in [-0.3, -0.25) is 24.1 Å². The van der Waals surface area contributed by atoms with Crippen LogP contribution in [0.25, 0.3) is 0 Å². The summed E-state index contributed by atoms with van der Waals surface area (Å²) in [4.78, 5) is 52.2. The van der Waals surface area contributed by atoms with Crippen molar-refractivity contribution < 1.29 is 38.1 Å². The van der Waals surface area contributed by atoms with Crippen LogP contribution in [-0.2, 0) is 35.1 Å². The van der Waals surface area contributed by atoms with E-state index in [0.29, 0.717) is 12.4 Å². The molecular weight excluding hydrogens is 498 g/mol. The molecule has 0 bridgehead atoms. The molecule has 2 aliphatic rings. The van der Waals surface area contributed by atoms with Gasteiger partial charge in [-0.2, -0.15) is 0 Å². The van der Waals surface area contributed by atoms with Crippen LogP contribution in [0.5, 0.6) is 0 Å². The van der Waals surface area contributed by atoms with Gasteiger partial charge in [0.1, 0.15) is 17.6 Å². The van der Waals surface area contributed by atoms with Crippen molar-refractivity contribution in [2.75, 3.05) is 12.4 Å². The van der Waals surface area contributed by atoms with Crippen molar-refractivity contribution in [3.8, 4) is 0 Å². The van der Waals surface area contributed by atoms with Crippen LogP contribution in [0.3, 0.4) is 0 Å². The molecule has 0 unspecified atom stereocenters. The van der Waals surface area contributed by atoms with Crippen LogP contribution in [0.15, 0.2) is 54.6 Å². The average Bonchev–Trinajstić information content (AvgIpc) is 3.11. The van der Waals surface area contributed by atoms with Gasteiger partial charge in [0, 0.05) is 13.8 Å². The van der Waals surface area contributed by atoms with Gasteiger partial charge in [0.05, 0.1) is 24.3 Å². The Labute approximate surface area is 219 Å². The third-order valence-electron chi connectivity index (χ3n) is 6.07. The Morgan fingerprint density at radius 1 is 0.892 bits per heavy atom. The van der Waals surface area contributed by atoms with Crippen LogP contribution in [-0.4, -0.2) is 70.8 Å². The molecule has 4 rings (SSSR count). The van der Waals surface area contributed by atoms with Gasteiger partial charge in [-0.05, 0) is 23.4 Å². The molecule has 0 N–H and O–H groups in total. The largest absolute Gasteiger partial charge is 0.456 e. The Morgan fingerprint density at radius 3 is 2.03 bits per heavy atom. The number of nitrogens with zero attached hydrogens (tertiary/aromatic N) is 1. The fourth-order valence-electron chi connectivity index (χ4n) is 4.60. The van der Waals surface area contributed by atoms with Crippen LogP contribution in [0, 0.1) is 0 Å². The number of hydrogen-bond donors (Lipinski definition) is 0. The summed E-state index contributed by atoms with van der Waals surface area (Å²) in [7, 11) is 0. The van der Waals surface area contributed by atoms with E-state index in [0.717, 1.165) is 10.5 Å². The van der Waals surface area contributed by atoms with Crippen molar-refractivity contribution in [2.24, 2.45) is 0 Å². The molecule has 0 spiro atoms. The van der Waals surface area contributed by atoms with Gasteiger partial charge in [-0.1, -0.05) is 49.4 Å². The summed E-state index contributed by atoms with van der Waals surface area (Å²) < 4.78 is 23.5. The maximum Gasteiger partial charge on any atom is 0.303 e. The molecule has 1 saturated heterocycles. The van der Waals surface area contributed by atoms with E-state index in [2.05, 4.69) is 0 Å². The third kappa shape index (κ3) is 5.87. The number of carbonyl (C=O) groups excluding carboxylic acids is 4. The quantitative estimate of drug-likeness (QED) is 0.359. The SMILES string of the molecule is CCS[C@@H]1O[C@H](COCc2ccccc2)[C@@H](OC(C)=O)[C@H](OC(C)=O)[C@H]1N1C(=O)c2ccccc2C1=O. The highest BCUT2D eigenvalue weighted by Crippen LogP contribution is 2.38. The molecule has 0 aliphatic carbocycles. The monoisotopic (exact) mass is 527 g/mol. The fourth-order valence-corrected chi connectivity index (χ4v) is 5.63. The van der Waals surface area contributed by atoms with Gasteiger partial charge >= 0.3 is 11.9 Å². The van der Waals surface area contributed by atoms with Crippen LogP contribution < -0.4 is 0 Å². The molecule has 1 fully saturated rings. The zero-order valence-electron chi connectivity index (χ0n) is 20.8. The lowest BCUT2D eigenvalue weighted by atomic mass is 9.96. The van der Waals surface area contributed by atoms with Crippen LogP contribution >= 0.6 is 11.8 Å². The van der Waals surface area contributed by atoms with Gasteiger partial charge < -0.3 is 18.9 Å². The number of carbonyl (C=O) groups is 4. The molecule has 37 heavy (non-hydrogen) atoms. The van der Waals surface area contributed by atoms with Crippen molar-refractivity contribution in [2.45, 2.75) is 57.2 Å². The van der Waals surface area contributed by atoms with E-state index < -0.39 is 53.5 Å². The average molecular weight is 528 g/mol. The van der Waals surface area contributed by atoms with Gasteiger partial charge in [-0.15, -0.1) is 11.8 Å². The normalized spacial score (nSPS) is 25.1. The Morgan fingerprint density at radius 2 is 1.46 bits per heavy atom. The first-order valence-corrected chi connectivity index (χ1v) is 13.1. The number of thioether (sulfide) groups is 1. The summed E-state index contributed by atoms with van der Waals surface area (Å²) in [6, 6.07) is 15.0. The number of benzene rings is 2. The lowest BCUT2D eigenvalue weighted by Gasteiger charge is -2.47. The molecule has 10 heteroatoms. The number of amides is 2. The topological polar surface area (TPSA) is 108 Å². The first-order valence-electron chi connectivity index (χ1n) is 12.0. The van der Waals surface area contributed by atoms with Crippen LogP contribution in [0.2, 0.25) is 0 Å². The number of imide groups is 1. The van der Waals surface area contributed by atoms with E-state index in [-0.39, 0.29) is 17.7 Å². The van der Waals surface area contributed by atoms with Crippen molar-refractivity contribution in [1.29, 1.82) is 0 Å². The van der Waals surface area contributed by atoms with E-state index in [9.17, 15) is 19.2 Å². The van der Waals surface area contributed by atoms with E-state index in [1.807, 2.05) is 37.3 Å². The minimum atomic E-state index is -1.16. The van der Waals surface area contributed by atoms with Crippen molar-refractivity contribution >= 4 is 35.5 Å². The highest BCUT2D eigenvalue weighted by Gasteiger charge is 2.56. The molecule has 2 aromatic rings. The van der Waals surface area contributed by atoms with Crippen molar-refractivity contribution in [3.63, 3.8) is 0 Å². The number of ether oxygens (including phenoxy) is 4. The molecule has 0 aromatic heterocycles. The Kier molecular flexibility index (Phi) is 8.63. The molecule has 5 atom stereocenters. The van der Waals surface area contributed by atoms with Crippen molar-refractivity contribution in [1.82, 2.24) is 4.90 Å². The lowest BCUT2D eigenvalue weighted by molar-refractivity contribution is -0.217. The predicted molar refractivity (Wildman–Crippen MR) is 135 cm³/mol. The van der Waals surface area contributed by atoms with Gasteiger partial charge in [-0.25, -0.2) is 0 Å². The van der Waals surface area contributed by atoms with Crippen molar-refractivity contribution in [3.05, 3.63) is 71.3 Å². The molecule has 0 saturated carbocycles. The van der Waals surface area contributed by atoms with E-state index in [1.54, 1.807) is 24.3 Å². The zero-order chi connectivity index (χ0) is 26.5. The molecular formula is C27H29NO8S. The summed E-state index contributed by atoms with van der Waals surface area (Å²) in [5, 5.41) is 0. The predicted octanol–water partition coefficient (Wildman–Crippen LogP) is 3.21. The summed E-state index contributed by atoms with van der Waals surface area (Å²) in [6.07, 6.45) is -3.08. The van der Waals surface area contributed by atoms with E-state index >= 15 is 0 Å². The first-order chi connectivity index (χ1) is 17.8. The third-order valence-corrected chi connectivity index (χ3v) is 7.12. The maximum absolute atomic E-state index is 13.4. The summed E-state index contributed by atoms with van der Waals surface area (Å²) >= 11 is 1.36. The fraction of sp³-hybridized carbons (Fsp3) is 0.407. The minimum Gasteiger partial charge on any atom is -0.456 e. The van der Waals surface area contributed by atoms with E-state index in [1.165, 1.54) is 25.6 Å². The van der Waals surface area contributed by atoms with Crippen LogP contribution in [0.1, 0.15) is 47.1 Å². The Hall–Kier alpha value is -3.21. The summed E-state index contributed by atoms with van der Waals surface area (Å²) in [6.45, 7) is 4.69. The second-order valence-corrected chi connectivity index (χ2v) is 10.0. The molecule has 2 amide bonds. The molecule has 2 aliphatic heterocycles. The lowest BCUT2D eigenvalue weighted by Crippen LogP contribution is -2.66. The van der Waals surface area contributed by atoms with Gasteiger partial charge in [0.15, 0.2) is 12.2 Å². The Balaban J connectivity index is 1.67. The summed E-state index contributed by atoms with van der Waals surface area (Å²) in [5.41, 5.74) is 0.703. The Bertz CT molecular complexity index is 1120. The number of esters is 2. The molecule has 9 nitrogen and oxygen atoms in total. The summed E-state index contributed by atoms with van der Waals surface area (Å²) in [5.74, 6) is -1.72. The molecule has 2 aromatic carbocycles. The number of rotatable bonds is 9. The first kappa shape index (κ1) is 26.8. The highest BCUT2D eigenvalue weighted by molar-refractivity contribution is 7.99.